The molecule has 0 saturated heterocycles. The van der Waals surface area contributed by atoms with Crippen molar-refractivity contribution in [3.05, 3.63) is 99.9 Å². The monoisotopic (exact) mass is 672 g/mol. The summed E-state index contributed by atoms with van der Waals surface area (Å²) in [5.74, 6) is -2.81. The Morgan fingerprint density at radius 3 is 2.18 bits per heavy atom. The molecule has 14 heteroatoms. The molecule has 0 saturated carbocycles. The molecule has 0 aromatic heterocycles. The number of hydrogen-bond donors (Lipinski definition) is 2. The summed E-state index contributed by atoms with van der Waals surface area (Å²) in [5.41, 5.74) is 9.92. The summed E-state index contributed by atoms with van der Waals surface area (Å²) in [6.07, 6.45) is -0.280. The van der Waals surface area contributed by atoms with Gasteiger partial charge in [0.05, 0.1) is 37.9 Å². The van der Waals surface area contributed by atoms with Gasteiger partial charge in [-0.25, -0.2) is 4.79 Å². The van der Waals surface area contributed by atoms with E-state index in [9.17, 15) is 29.5 Å². The number of hydrogen-bond acceptors (Lipinski definition) is 9. The molecule has 0 heterocycles. The van der Waals surface area contributed by atoms with Crippen LogP contribution >= 0.6 is 0 Å². The quantitative estimate of drug-likeness (QED) is 0.0983. The summed E-state index contributed by atoms with van der Waals surface area (Å²) in [7, 11) is 2.38. The smallest absolute Gasteiger partial charge is 0.328 e. The molecule has 0 spiro atoms. The van der Waals surface area contributed by atoms with Crippen LogP contribution in [0.1, 0.15) is 61.6 Å². The van der Waals surface area contributed by atoms with Crippen molar-refractivity contribution >= 4 is 41.0 Å². The standard InChI is InChI=1S/C35H40N6O8/c1-22(42)37-25-14-17-28(39-40-36)27(19-25)33(45)41(21-31(43)38-29(20-32(44)47-5)24-10-8-7-9-11-24)30(34(46)48-6)18-23-12-15-26(16-13-23)49-35(2,3)4/h7-17,19,29-30H,18,20-21H2,1-6H3,(H,37,42)(H,38,43)/t29-,30+/m1/s1. The first-order chi connectivity index (χ1) is 23.2. The highest BCUT2D eigenvalue weighted by Gasteiger charge is 2.35. The number of carbonyl (C=O) groups excluding carboxylic acids is 5. The number of nitrogens with one attached hydrogen (secondary N) is 2. The van der Waals surface area contributed by atoms with Gasteiger partial charge < -0.3 is 29.7 Å². The molecule has 3 aromatic rings. The van der Waals surface area contributed by atoms with Crippen molar-refractivity contribution in [1.82, 2.24) is 10.2 Å². The topological polar surface area (TPSA) is 189 Å². The van der Waals surface area contributed by atoms with Crippen LogP contribution in [0.3, 0.4) is 0 Å². The molecule has 3 amide bonds. The molecule has 0 radical (unpaired) electrons. The molecule has 0 aliphatic rings. The Morgan fingerprint density at radius 2 is 1.61 bits per heavy atom. The van der Waals surface area contributed by atoms with Crippen molar-refractivity contribution in [1.29, 1.82) is 0 Å². The third-order valence-electron chi connectivity index (χ3n) is 7.04. The highest BCUT2D eigenvalue weighted by atomic mass is 16.5. The zero-order valence-corrected chi connectivity index (χ0v) is 28.3. The Bertz CT molecular complexity index is 1700. The maximum Gasteiger partial charge on any atom is 0.328 e. The summed E-state index contributed by atoms with van der Waals surface area (Å²) < 4.78 is 15.8. The predicted octanol–water partition coefficient (Wildman–Crippen LogP) is 5.41. The van der Waals surface area contributed by atoms with Gasteiger partial charge in [0.1, 0.15) is 23.9 Å². The zero-order chi connectivity index (χ0) is 36.1. The van der Waals surface area contributed by atoms with E-state index in [4.69, 9.17) is 14.2 Å². The maximum atomic E-state index is 14.4. The zero-order valence-electron chi connectivity index (χ0n) is 28.3. The Kier molecular flexibility index (Phi) is 13.3. The maximum absolute atomic E-state index is 14.4. The van der Waals surface area contributed by atoms with Gasteiger partial charge in [0, 0.05) is 23.9 Å². The number of rotatable bonds is 14. The molecule has 49 heavy (non-hydrogen) atoms. The van der Waals surface area contributed by atoms with Crippen LogP contribution in [0.15, 0.2) is 77.9 Å². The molecule has 0 fully saturated rings. The third-order valence-corrected chi connectivity index (χ3v) is 7.04. The fourth-order valence-electron chi connectivity index (χ4n) is 4.91. The highest BCUT2D eigenvalue weighted by molar-refractivity contribution is 6.04. The van der Waals surface area contributed by atoms with Gasteiger partial charge in [-0.05, 0) is 67.8 Å². The van der Waals surface area contributed by atoms with E-state index >= 15 is 0 Å². The first-order valence-corrected chi connectivity index (χ1v) is 15.3. The lowest BCUT2D eigenvalue weighted by molar-refractivity contribution is -0.146. The average molecular weight is 673 g/mol. The molecule has 258 valence electrons. The van der Waals surface area contributed by atoms with Gasteiger partial charge in [-0.1, -0.05) is 47.6 Å². The minimum Gasteiger partial charge on any atom is -0.488 e. The minimum absolute atomic E-state index is 0.0754. The van der Waals surface area contributed by atoms with Crippen LogP contribution < -0.4 is 15.4 Å². The number of methoxy groups -OCH3 is 2. The second kappa shape index (κ2) is 17.3. The summed E-state index contributed by atoms with van der Waals surface area (Å²) in [6.45, 7) is 6.32. The van der Waals surface area contributed by atoms with Gasteiger partial charge in [0.2, 0.25) is 11.8 Å². The summed E-state index contributed by atoms with van der Waals surface area (Å²) in [5, 5.41) is 8.97. The molecular weight excluding hydrogens is 632 g/mol. The summed E-state index contributed by atoms with van der Waals surface area (Å²) in [4.78, 5) is 69.4. The molecule has 0 bridgehead atoms. The molecule has 3 aromatic carbocycles. The molecule has 0 unspecified atom stereocenters. The predicted molar refractivity (Wildman–Crippen MR) is 181 cm³/mol. The molecule has 3 rings (SSSR count). The van der Waals surface area contributed by atoms with Gasteiger partial charge in [0.15, 0.2) is 0 Å². The molecular formula is C35H40N6O8. The van der Waals surface area contributed by atoms with Crippen LogP contribution in [0, 0.1) is 0 Å². The Labute approximate surface area is 284 Å². The second-order valence-electron chi connectivity index (χ2n) is 11.9. The van der Waals surface area contributed by atoms with Crippen LogP contribution in [0.5, 0.6) is 5.75 Å². The number of amides is 3. The lowest BCUT2D eigenvalue weighted by Gasteiger charge is -2.31. The van der Waals surface area contributed by atoms with Crippen molar-refractivity contribution in [2.45, 2.75) is 58.2 Å². The Balaban J connectivity index is 2.09. The fraction of sp³-hybridized carbons (Fsp3) is 0.343. The highest BCUT2D eigenvalue weighted by Crippen LogP contribution is 2.28. The molecule has 14 nitrogen and oxygen atoms in total. The van der Waals surface area contributed by atoms with Crippen molar-refractivity contribution < 1.29 is 38.2 Å². The van der Waals surface area contributed by atoms with Gasteiger partial charge in [-0.2, -0.15) is 0 Å². The summed E-state index contributed by atoms with van der Waals surface area (Å²) >= 11 is 0. The number of nitrogens with zero attached hydrogens (tertiary/aromatic N) is 4. The third kappa shape index (κ3) is 11.4. The molecule has 2 atom stereocenters. The lowest BCUT2D eigenvalue weighted by Crippen LogP contribution is -2.51. The van der Waals surface area contributed by atoms with Crippen LogP contribution in [0.2, 0.25) is 0 Å². The normalized spacial score (nSPS) is 12.0. The van der Waals surface area contributed by atoms with Crippen LogP contribution in [0.4, 0.5) is 11.4 Å². The van der Waals surface area contributed by atoms with Crippen molar-refractivity contribution in [2.24, 2.45) is 5.11 Å². The fourth-order valence-corrected chi connectivity index (χ4v) is 4.91. The number of anilines is 1. The first kappa shape index (κ1) is 37.6. The van der Waals surface area contributed by atoms with E-state index in [1.807, 2.05) is 20.8 Å². The Morgan fingerprint density at radius 1 is 0.939 bits per heavy atom. The number of benzene rings is 3. The average Bonchev–Trinajstić information content (AvgIpc) is 3.06. The van der Waals surface area contributed by atoms with Gasteiger partial charge in [-0.15, -0.1) is 0 Å². The van der Waals surface area contributed by atoms with E-state index in [-0.39, 0.29) is 29.8 Å². The number of azide groups is 1. The number of ether oxygens (including phenoxy) is 3. The van der Waals surface area contributed by atoms with E-state index in [1.54, 1.807) is 54.6 Å². The van der Waals surface area contributed by atoms with Crippen LogP contribution in [-0.4, -0.2) is 67.0 Å². The van der Waals surface area contributed by atoms with Crippen molar-refractivity contribution in [3.8, 4) is 5.75 Å². The number of carbonyl (C=O) groups is 5. The van der Waals surface area contributed by atoms with E-state index < -0.39 is 53.9 Å². The Hall–Kier alpha value is -5.88. The van der Waals surface area contributed by atoms with Gasteiger partial charge in [-0.3, -0.25) is 19.2 Å². The lowest BCUT2D eigenvalue weighted by atomic mass is 10.0. The van der Waals surface area contributed by atoms with Crippen molar-refractivity contribution in [2.75, 3.05) is 26.1 Å². The van der Waals surface area contributed by atoms with Crippen molar-refractivity contribution in [3.63, 3.8) is 0 Å². The van der Waals surface area contributed by atoms with E-state index in [0.29, 0.717) is 16.9 Å². The van der Waals surface area contributed by atoms with E-state index in [0.717, 1.165) is 12.0 Å². The van der Waals surface area contributed by atoms with Gasteiger partial charge >= 0.3 is 11.9 Å². The molecule has 2 N–H and O–H groups in total. The van der Waals surface area contributed by atoms with Crippen LogP contribution in [0.25, 0.3) is 10.4 Å². The molecule has 0 aliphatic heterocycles. The van der Waals surface area contributed by atoms with Gasteiger partial charge in [0.25, 0.3) is 5.91 Å². The SMILES string of the molecule is COC(=O)C[C@@H](NC(=O)CN(C(=O)c1cc(NC(C)=O)ccc1N=[N+]=[N-])[C@@H](Cc1ccc(OC(C)(C)C)cc1)C(=O)OC)c1ccccc1. The minimum atomic E-state index is -1.35. The number of esters is 2. The first-order valence-electron chi connectivity index (χ1n) is 15.3. The summed E-state index contributed by atoms with van der Waals surface area (Å²) in [6, 6.07) is 17.5. The van der Waals surface area contributed by atoms with E-state index in [1.165, 1.54) is 32.2 Å². The largest absolute Gasteiger partial charge is 0.488 e. The molecule has 0 aliphatic carbocycles. The van der Waals surface area contributed by atoms with Crippen LogP contribution in [-0.2, 0) is 35.1 Å². The second-order valence-corrected chi connectivity index (χ2v) is 11.9. The van der Waals surface area contributed by atoms with E-state index in [2.05, 4.69) is 20.7 Å².